The summed E-state index contributed by atoms with van der Waals surface area (Å²) in [6.07, 6.45) is 0. The van der Waals surface area contributed by atoms with E-state index in [4.69, 9.17) is 22.1 Å². The number of aryl methyl sites for hydroxylation is 2. The number of hydrogen-bond acceptors (Lipinski definition) is 7. The number of phenols is 1. The quantitative estimate of drug-likeness (QED) is 0.356. The molecule has 0 spiro atoms. The second-order valence-electron chi connectivity index (χ2n) is 8.01. The van der Waals surface area contributed by atoms with Gasteiger partial charge in [0.1, 0.15) is 17.1 Å². The van der Waals surface area contributed by atoms with E-state index in [9.17, 15) is 9.90 Å². The minimum absolute atomic E-state index is 0.218. The van der Waals surface area contributed by atoms with Crippen molar-refractivity contribution >= 4 is 40.5 Å². The average Bonchev–Trinajstić information content (AvgIpc) is 3.19. The van der Waals surface area contributed by atoms with Crippen LogP contribution in [-0.2, 0) is 11.3 Å². The van der Waals surface area contributed by atoms with E-state index in [-0.39, 0.29) is 11.3 Å². The van der Waals surface area contributed by atoms with E-state index in [0.717, 1.165) is 35.5 Å². The zero-order chi connectivity index (χ0) is 23.5. The van der Waals surface area contributed by atoms with E-state index in [0.29, 0.717) is 42.1 Å². The summed E-state index contributed by atoms with van der Waals surface area (Å²) in [5, 5.41) is 23.9. The SMILES string of the molecule is Cc1cc(CNc2n[nH]c(Nc3ccc(N4CCOCC4)c(Cl)c3)c2C(N)=O)cc(C)c1O. The summed E-state index contributed by atoms with van der Waals surface area (Å²) in [4.78, 5) is 14.4. The fourth-order valence-corrected chi connectivity index (χ4v) is 4.22. The number of aromatic amines is 1. The number of nitrogens with one attached hydrogen (secondary N) is 3. The van der Waals surface area contributed by atoms with Crippen LogP contribution < -0.4 is 21.3 Å². The molecular weight excluding hydrogens is 444 g/mol. The smallest absolute Gasteiger partial charge is 0.256 e. The van der Waals surface area contributed by atoms with Crippen LogP contribution in [0.2, 0.25) is 5.02 Å². The maximum Gasteiger partial charge on any atom is 0.256 e. The molecule has 4 rings (SSSR count). The average molecular weight is 471 g/mol. The Morgan fingerprint density at radius 2 is 1.94 bits per heavy atom. The molecule has 0 bridgehead atoms. The fourth-order valence-electron chi connectivity index (χ4n) is 3.92. The molecule has 1 fully saturated rings. The first-order valence-corrected chi connectivity index (χ1v) is 11.0. The van der Waals surface area contributed by atoms with Gasteiger partial charge in [0.05, 0.1) is 23.9 Å². The number of primary amides is 1. The van der Waals surface area contributed by atoms with Gasteiger partial charge in [-0.3, -0.25) is 9.89 Å². The Kier molecular flexibility index (Phi) is 6.62. The first kappa shape index (κ1) is 22.8. The maximum absolute atomic E-state index is 12.2. The van der Waals surface area contributed by atoms with Gasteiger partial charge in [-0.2, -0.15) is 5.10 Å². The van der Waals surface area contributed by atoms with Crippen LogP contribution in [0.15, 0.2) is 30.3 Å². The number of aromatic nitrogens is 2. The second kappa shape index (κ2) is 9.60. The number of carbonyl (C=O) groups excluding carboxylic acids is 1. The lowest BCUT2D eigenvalue weighted by molar-refractivity contribution is 0.100. The Morgan fingerprint density at radius 3 is 2.58 bits per heavy atom. The minimum Gasteiger partial charge on any atom is -0.507 e. The number of amides is 1. The second-order valence-corrected chi connectivity index (χ2v) is 8.42. The number of anilines is 4. The molecule has 0 unspecified atom stereocenters. The van der Waals surface area contributed by atoms with Crippen LogP contribution >= 0.6 is 11.6 Å². The van der Waals surface area contributed by atoms with Crippen molar-refractivity contribution in [3.8, 4) is 5.75 Å². The van der Waals surface area contributed by atoms with E-state index in [1.54, 1.807) is 6.07 Å². The highest BCUT2D eigenvalue weighted by molar-refractivity contribution is 6.33. The number of hydrogen-bond donors (Lipinski definition) is 5. The van der Waals surface area contributed by atoms with Gasteiger partial charge in [0.25, 0.3) is 5.91 Å². The van der Waals surface area contributed by atoms with Gasteiger partial charge in [0.2, 0.25) is 0 Å². The number of nitrogens with zero attached hydrogens (tertiary/aromatic N) is 2. The summed E-state index contributed by atoms with van der Waals surface area (Å²) in [6, 6.07) is 9.38. The lowest BCUT2D eigenvalue weighted by Gasteiger charge is -2.29. The number of morpholine rings is 1. The van der Waals surface area contributed by atoms with Crippen LogP contribution in [0.4, 0.5) is 23.0 Å². The van der Waals surface area contributed by atoms with Crippen LogP contribution in [0.3, 0.4) is 0 Å². The summed E-state index contributed by atoms with van der Waals surface area (Å²) in [5.74, 6) is 0.367. The number of ether oxygens (including phenoxy) is 1. The lowest BCUT2D eigenvalue weighted by Crippen LogP contribution is -2.36. The number of aromatic hydroxyl groups is 1. The third-order valence-corrected chi connectivity index (χ3v) is 5.90. The van der Waals surface area contributed by atoms with Gasteiger partial charge in [0.15, 0.2) is 5.82 Å². The van der Waals surface area contributed by atoms with Gasteiger partial charge >= 0.3 is 0 Å². The van der Waals surface area contributed by atoms with Crippen molar-refractivity contribution in [2.45, 2.75) is 20.4 Å². The molecule has 0 atom stereocenters. The van der Waals surface area contributed by atoms with Crippen molar-refractivity contribution in [2.24, 2.45) is 5.73 Å². The van der Waals surface area contributed by atoms with Crippen molar-refractivity contribution in [3.63, 3.8) is 0 Å². The highest BCUT2D eigenvalue weighted by atomic mass is 35.5. The van der Waals surface area contributed by atoms with Gasteiger partial charge in [-0.05, 0) is 48.7 Å². The summed E-state index contributed by atoms with van der Waals surface area (Å²) >= 11 is 6.52. The molecule has 0 radical (unpaired) electrons. The Morgan fingerprint density at radius 1 is 1.24 bits per heavy atom. The van der Waals surface area contributed by atoms with Crippen molar-refractivity contribution in [3.05, 3.63) is 57.6 Å². The summed E-state index contributed by atoms with van der Waals surface area (Å²) in [5.41, 5.74) is 10.0. The molecule has 3 aromatic rings. The molecule has 6 N–H and O–H groups in total. The molecule has 0 saturated carbocycles. The lowest BCUT2D eigenvalue weighted by atomic mass is 10.1. The van der Waals surface area contributed by atoms with E-state index in [1.807, 2.05) is 38.1 Å². The van der Waals surface area contributed by atoms with Crippen LogP contribution in [0.1, 0.15) is 27.0 Å². The summed E-state index contributed by atoms with van der Waals surface area (Å²) < 4.78 is 5.40. The molecule has 33 heavy (non-hydrogen) atoms. The van der Waals surface area contributed by atoms with Gasteiger partial charge in [-0.15, -0.1) is 0 Å². The largest absolute Gasteiger partial charge is 0.507 e. The zero-order valence-electron chi connectivity index (χ0n) is 18.5. The van der Waals surface area contributed by atoms with Crippen molar-refractivity contribution in [1.29, 1.82) is 0 Å². The molecule has 1 amide bonds. The Hall–Kier alpha value is -3.43. The van der Waals surface area contributed by atoms with Gasteiger partial charge in [0, 0.05) is 25.3 Å². The molecule has 2 heterocycles. The molecule has 9 nitrogen and oxygen atoms in total. The molecular formula is C23H27ClN6O3. The molecule has 174 valence electrons. The standard InChI is InChI=1S/C23H27ClN6O3/c1-13-9-15(10-14(2)20(13)31)12-26-22-19(21(25)32)23(29-28-22)27-16-3-4-18(17(24)11-16)30-5-7-33-8-6-30/h3-4,9-11,31H,5-8,12H2,1-2H3,(H2,25,32)(H3,26,27,28,29). The Labute approximate surface area is 196 Å². The predicted octanol–water partition coefficient (Wildman–Crippen LogP) is 3.68. The first-order valence-electron chi connectivity index (χ1n) is 10.6. The van der Waals surface area contributed by atoms with Crippen LogP contribution in [0, 0.1) is 13.8 Å². The summed E-state index contributed by atoms with van der Waals surface area (Å²) in [6.45, 7) is 7.00. The molecule has 1 aliphatic rings. The monoisotopic (exact) mass is 470 g/mol. The molecule has 2 aromatic carbocycles. The summed E-state index contributed by atoms with van der Waals surface area (Å²) in [7, 11) is 0. The van der Waals surface area contributed by atoms with E-state index in [2.05, 4.69) is 25.7 Å². The van der Waals surface area contributed by atoms with Gasteiger partial charge < -0.3 is 31.1 Å². The van der Waals surface area contributed by atoms with Crippen molar-refractivity contribution < 1.29 is 14.6 Å². The minimum atomic E-state index is -0.622. The number of carbonyl (C=O) groups is 1. The van der Waals surface area contributed by atoms with Gasteiger partial charge in [-0.1, -0.05) is 23.7 Å². The number of halogens is 1. The zero-order valence-corrected chi connectivity index (χ0v) is 19.3. The molecule has 1 aromatic heterocycles. The number of benzene rings is 2. The predicted molar refractivity (Wildman–Crippen MR) is 130 cm³/mol. The number of rotatable bonds is 7. The highest BCUT2D eigenvalue weighted by Gasteiger charge is 2.20. The van der Waals surface area contributed by atoms with Gasteiger partial charge in [-0.25, -0.2) is 0 Å². The molecule has 0 aliphatic carbocycles. The van der Waals surface area contributed by atoms with Crippen molar-refractivity contribution in [1.82, 2.24) is 10.2 Å². The third kappa shape index (κ3) is 4.99. The van der Waals surface area contributed by atoms with Crippen LogP contribution in [0.25, 0.3) is 0 Å². The van der Waals surface area contributed by atoms with Crippen molar-refractivity contribution in [2.75, 3.05) is 41.8 Å². The first-order chi connectivity index (χ1) is 15.8. The Balaban J connectivity index is 1.51. The normalized spacial score (nSPS) is 13.7. The third-order valence-electron chi connectivity index (χ3n) is 5.59. The van der Waals surface area contributed by atoms with E-state index < -0.39 is 5.91 Å². The maximum atomic E-state index is 12.2. The number of phenolic OH excluding ortho intramolecular Hbond substituents is 1. The highest BCUT2D eigenvalue weighted by Crippen LogP contribution is 2.32. The topological polar surface area (TPSA) is 129 Å². The fraction of sp³-hybridized carbons (Fsp3) is 0.304. The van der Waals surface area contributed by atoms with Crippen LogP contribution in [0.5, 0.6) is 5.75 Å². The molecule has 10 heteroatoms. The number of H-pyrrole nitrogens is 1. The molecule has 1 saturated heterocycles. The van der Waals surface area contributed by atoms with E-state index in [1.165, 1.54) is 0 Å². The van der Waals surface area contributed by atoms with Crippen LogP contribution in [-0.4, -0.2) is 47.5 Å². The molecule has 1 aliphatic heterocycles. The number of nitrogens with two attached hydrogens (primary N) is 1. The van der Waals surface area contributed by atoms with E-state index >= 15 is 0 Å². The Bertz CT molecular complexity index is 1150.